The number of aromatic amines is 1. The number of fused-ring (bicyclic) bond motifs is 2. The van der Waals surface area contributed by atoms with Crippen molar-refractivity contribution in [3.8, 4) is 0 Å². The lowest BCUT2D eigenvalue weighted by molar-refractivity contribution is -0.401. The maximum Gasteiger partial charge on any atom is 0.355 e. The van der Waals surface area contributed by atoms with E-state index in [1.807, 2.05) is 0 Å². The van der Waals surface area contributed by atoms with Crippen LogP contribution in [0.4, 0.5) is 0 Å². The highest BCUT2D eigenvalue weighted by atomic mass is 16.7. The first-order chi connectivity index (χ1) is 16.1. The number of hydrogen-bond acceptors (Lipinski definition) is 9. The molecular weight excluding hydrogens is 458 g/mol. The Morgan fingerprint density at radius 1 is 1.17 bits per heavy atom. The first kappa shape index (κ1) is 25.1. The molecule has 2 aliphatic heterocycles. The van der Waals surface area contributed by atoms with Gasteiger partial charge in [-0.3, -0.25) is 0 Å². The minimum absolute atomic E-state index is 0.0550. The Hall–Kier alpha value is -1.53. The zero-order chi connectivity index (χ0) is 26.0. The van der Waals surface area contributed by atoms with Crippen LogP contribution in [-0.4, -0.2) is 88.6 Å². The van der Waals surface area contributed by atoms with Crippen molar-refractivity contribution in [2.45, 2.75) is 101 Å². The average molecular weight is 496 g/mol. The van der Waals surface area contributed by atoms with Gasteiger partial charge in [0.2, 0.25) is 0 Å². The van der Waals surface area contributed by atoms with Gasteiger partial charge in [0.05, 0.1) is 11.5 Å². The van der Waals surface area contributed by atoms with Gasteiger partial charge in [0.25, 0.3) is 0 Å². The highest BCUT2D eigenvalue weighted by Gasteiger charge is 2.92. The van der Waals surface area contributed by atoms with Crippen LogP contribution >= 0.6 is 0 Å². The first-order valence-electron chi connectivity index (χ1n) is 12.3. The summed E-state index contributed by atoms with van der Waals surface area (Å²) in [6, 6.07) is 3.08. The lowest BCUT2D eigenvalue weighted by Crippen LogP contribution is -2.82. The van der Waals surface area contributed by atoms with Gasteiger partial charge in [-0.2, -0.15) is 0 Å². The topological polar surface area (TPSA) is 173 Å². The Bertz CT molecular complexity index is 1030. The highest BCUT2D eigenvalue weighted by Crippen LogP contribution is 2.75. The largest absolute Gasteiger partial charge is 0.452 e. The molecule has 3 heterocycles. The number of carbonyl (C=O) groups excluding carboxylic acids is 1. The van der Waals surface area contributed by atoms with E-state index in [1.54, 1.807) is 26.8 Å². The number of aliphatic hydroxyl groups excluding tert-OH is 3. The second-order valence-electron chi connectivity index (χ2n) is 12.0. The predicted molar refractivity (Wildman–Crippen MR) is 121 cm³/mol. The van der Waals surface area contributed by atoms with Gasteiger partial charge in [-0.15, -0.1) is 0 Å². The Balaban J connectivity index is 1.79. The fourth-order valence-corrected chi connectivity index (χ4v) is 8.14. The molecule has 10 nitrogen and oxygen atoms in total. The maximum atomic E-state index is 13.0. The van der Waals surface area contributed by atoms with Crippen LogP contribution in [0.15, 0.2) is 18.3 Å². The van der Waals surface area contributed by atoms with Crippen LogP contribution in [0, 0.1) is 22.7 Å². The van der Waals surface area contributed by atoms with Gasteiger partial charge in [-0.25, -0.2) is 4.79 Å². The number of ether oxygens (including phenoxy) is 2. The van der Waals surface area contributed by atoms with Gasteiger partial charge in [0, 0.05) is 18.0 Å². The number of H-pyrrole nitrogens is 1. The van der Waals surface area contributed by atoms with Crippen LogP contribution in [0.2, 0.25) is 0 Å². The normalized spacial score (nSPS) is 55.0. The Kier molecular flexibility index (Phi) is 5.07. The average Bonchev–Trinajstić information content (AvgIpc) is 3.38. The summed E-state index contributed by atoms with van der Waals surface area (Å²) in [5, 5.41) is 72.1. The molecule has 196 valence electrons. The fraction of sp³-hybridized carbons (Fsp3) is 0.800. The van der Waals surface area contributed by atoms with Crippen LogP contribution < -0.4 is 0 Å². The monoisotopic (exact) mass is 495 g/mol. The standard InChI is InChI=1S/C25H37NO9/c1-12(2)24(33)17(34-18(29)14-7-6-10-26-14)16(28)20(4)11-23(32)21(24,5)19(30)25(35-23)15(27)13(3)8-9-22(20,25)31/h6-7,10,12-13,15-17,19,26-28,30-33H,8-9,11H2,1-5H3/t13-,15+,16+,17-,19-,20+,21-,22-,23-,24+,25-/m0/s1. The van der Waals surface area contributed by atoms with E-state index in [9.17, 15) is 35.4 Å². The summed E-state index contributed by atoms with van der Waals surface area (Å²) >= 11 is 0. The van der Waals surface area contributed by atoms with Gasteiger partial charge in [-0.1, -0.05) is 27.7 Å². The van der Waals surface area contributed by atoms with E-state index in [4.69, 9.17) is 9.47 Å². The molecule has 0 amide bonds. The molecule has 2 aliphatic carbocycles. The highest BCUT2D eigenvalue weighted by molar-refractivity contribution is 5.87. The predicted octanol–water partition coefficient (Wildman–Crippen LogP) is 0.0584. The summed E-state index contributed by atoms with van der Waals surface area (Å²) in [4.78, 5) is 15.8. The van der Waals surface area contributed by atoms with Gasteiger partial charge in [-0.05, 0) is 43.7 Å². The van der Waals surface area contributed by atoms with Crippen LogP contribution in [0.3, 0.4) is 0 Å². The van der Waals surface area contributed by atoms with Crippen molar-refractivity contribution in [1.29, 1.82) is 0 Å². The molecular formula is C25H37NO9. The molecule has 11 atom stereocenters. The van der Waals surface area contributed by atoms with E-state index >= 15 is 0 Å². The summed E-state index contributed by atoms with van der Waals surface area (Å²) in [5.41, 5.74) is -9.85. The Labute approximate surface area is 203 Å². The van der Waals surface area contributed by atoms with E-state index < -0.39 is 75.6 Å². The summed E-state index contributed by atoms with van der Waals surface area (Å²) in [5.74, 6) is -4.28. The second-order valence-corrected chi connectivity index (χ2v) is 12.0. The minimum atomic E-state index is -2.26. The molecule has 4 fully saturated rings. The lowest BCUT2D eigenvalue weighted by atomic mass is 9.47. The molecule has 1 spiro atoms. The van der Waals surface area contributed by atoms with E-state index in [0.29, 0.717) is 6.42 Å². The molecule has 2 saturated carbocycles. The van der Waals surface area contributed by atoms with Crippen molar-refractivity contribution in [1.82, 2.24) is 4.98 Å². The summed E-state index contributed by atoms with van der Waals surface area (Å²) in [6.07, 6.45) is -4.91. The van der Waals surface area contributed by atoms with Gasteiger partial charge >= 0.3 is 5.97 Å². The summed E-state index contributed by atoms with van der Waals surface area (Å²) in [7, 11) is 0. The Morgan fingerprint density at radius 2 is 1.83 bits per heavy atom. The second kappa shape index (κ2) is 7.06. The van der Waals surface area contributed by atoms with E-state index in [0.717, 1.165) is 0 Å². The molecule has 1 aromatic rings. The van der Waals surface area contributed by atoms with Crippen LogP contribution in [0.1, 0.15) is 64.4 Å². The van der Waals surface area contributed by atoms with Crippen molar-refractivity contribution in [2.75, 3.05) is 0 Å². The summed E-state index contributed by atoms with van der Waals surface area (Å²) < 4.78 is 11.9. The quantitative estimate of drug-likeness (QED) is 0.286. The van der Waals surface area contributed by atoms with Gasteiger partial charge in [0.15, 0.2) is 17.5 Å². The van der Waals surface area contributed by atoms with Gasteiger partial charge in [0.1, 0.15) is 29.1 Å². The zero-order valence-corrected chi connectivity index (χ0v) is 20.7. The minimum Gasteiger partial charge on any atom is -0.452 e. The molecule has 10 heteroatoms. The SMILES string of the molecule is CC(C)[C@@]1(O)[C@@H](OC(=O)c2ccc[nH]2)[C@@H](O)[C@@]2(C)C[C@]3(O)O[C@@]4([C@H](O)[C@@H](C)CC[C@@]42O)[C@@H](O)[C@]13C. The van der Waals surface area contributed by atoms with E-state index in [1.165, 1.54) is 26.1 Å². The number of nitrogens with one attached hydrogen (secondary N) is 1. The third-order valence-corrected chi connectivity index (χ3v) is 10.4. The number of esters is 1. The molecule has 0 aromatic carbocycles. The number of aromatic nitrogens is 1. The van der Waals surface area contributed by atoms with Crippen molar-refractivity contribution in [3.63, 3.8) is 0 Å². The molecule has 2 saturated heterocycles. The summed E-state index contributed by atoms with van der Waals surface area (Å²) in [6.45, 7) is 7.96. The van der Waals surface area contributed by atoms with Crippen LogP contribution in [0.25, 0.3) is 0 Å². The van der Waals surface area contributed by atoms with Crippen molar-refractivity contribution in [2.24, 2.45) is 22.7 Å². The van der Waals surface area contributed by atoms with Crippen LogP contribution in [0.5, 0.6) is 0 Å². The molecule has 1 aromatic heterocycles. The zero-order valence-electron chi connectivity index (χ0n) is 20.7. The van der Waals surface area contributed by atoms with E-state index in [2.05, 4.69) is 4.98 Å². The molecule has 3 bridgehead atoms. The molecule has 0 unspecified atom stereocenters. The van der Waals surface area contributed by atoms with Crippen molar-refractivity contribution >= 4 is 5.97 Å². The molecule has 35 heavy (non-hydrogen) atoms. The smallest absolute Gasteiger partial charge is 0.355 e. The Morgan fingerprint density at radius 3 is 2.40 bits per heavy atom. The number of rotatable bonds is 3. The molecule has 0 radical (unpaired) electrons. The third-order valence-electron chi connectivity index (χ3n) is 10.4. The molecule has 4 aliphatic rings. The number of aliphatic hydroxyl groups is 6. The van der Waals surface area contributed by atoms with Gasteiger partial charge < -0.3 is 45.1 Å². The van der Waals surface area contributed by atoms with Crippen molar-refractivity contribution in [3.05, 3.63) is 24.0 Å². The molecule has 5 rings (SSSR count). The lowest BCUT2D eigenvalue weighted by Gasteiger charge is -2.65. The number of carbonyl (C=O) groups is 1. The van der Waals surface area contributed by atoms with E-state index in [-0.39, 0.29) is 18.5 Å². The first-order valence-corrected chi connectivity index (χ1v) is 12.3. The third kappa shape index (κ3) is 2.43. The maximum absolute atomic E-state index is 13.0. The van der Waals surface area contributed by atoms with Crippen LogP contribution in [-0.2, 0) is 9.47 Å². The fourth-order valence-electron chi connectivity index (χ4n) is 8.14. The van der Waals surface area contributed by atoms with Crippen molar-refractivity contribution < 1.29 is 44.9 Å². The molecule has 7 N–H and O–H groups in total. The number of hydrogen-bond donors (Lipinski definition) is 7.